The molecule has 0 aliphatic carbocycles. The third-order valence-corrected chi connectivity index (χ3v) is 3.77. The molecule has 0 saturated carbocycles. The number of nitrogens with zero attached hydrogens (tertiary/aromatic N) is 2. The van der Waals surface area contributed by atoms with Crippen molar-refractivity contribution < 1.29 is 9.59 Å². The number of carbonyl (C=O) groups excluding carboxylic acids is 2. The fourth-order valence-electron chi connectivity index (χ4n) is 2.65. The molecule has 2 rings (SSSR count). The molecule has 1 fully saturated rings. The van der Waals surface area contributed by atoms with Crippen LogP contribution in [-0.2, 0) is 9.59 Å². The molecule has 6 nitrogen and oxygen atoms in total. The highest BCUT2D eigenvalue weighted by Gasteiger charge is 2.33. The van der Waals surface area contributed by atoms with Crippen LogP contribution in [0.15, 0.2) is 5.10 Å². The Morgan fingerprint density at radius 1 is 1.56 bits per heavy atom. The van der Waals surface area contributed by atoms with Crippen LogP contribution < -0.4 is 11.2 Å². The van der Waals surface area contributed by atoms with Crippen LogP contribution >= 0.6 is 0 Å². The number of carbonyl (C=O) groups is 2. The monoisotopic (exact) mass is 252 g/mol. The van der Waals surface area contributed by atoms with E-state index in [0.717, 1.165) is 19.4 Å². The van der Waals surface area contributed by atoms with E-state index in [4.69, 9.17) is 5.73 Å². The average molecular weight is 252 g/mol. The summed E-state index contributed by atoms with van der Waals surface area (Å²) in [4.78, 5) is 25.2. The number of rotatable bonds is 2. The van der Waals surface area contributed by atoms with Crippen molar-refractivity contribution in [2.45, 2.75) is 38.6 Å². The van der Waals surface area contributed by atoms with E-state index in [1.54, 1.807) is 0 Å². The molecule has 2 aliphatic heterocycles. The topological polar surface area (TPSA) is 87.8 Å². The standard InChI is InChI=1S/C12H20N4O2/c1-8-3-2-6-16(10(8)7-13)12(18)9-4-5-11(17)15-14-9/h8,10H,2-7,13H2,1H3,(H,15,17). The molecule has 3 N–H and O–H groups in total. The predicted octanol–water partition coefficient (Wildman–Crippen LogP) is -0.162. The van der Waals surface area contributed by atoms with Gasteiger partial charge >= 0.3 is 0 Å². The lowest BCUT2D eigenvalue weighted by atomic mass is 9.90. The molecule has 0 aromatic heterocycles. The Morgan fingerprint density at radius 3 is 2.94 bits per heavy atom. The van der Waals surface area contributed by atoms with Gasteiger partial charge in [-0.1, -0.05) is 6.92 Å². The number of hydrogen-bond donors (Lipinski definition) is 2. The summed E-state index contributed by atoms with van der Waals surface area (Å²) in [7, 11) is 0. The molecule has 2 aliphatic rings. The summed E-state index contributed by atoms with van der Waals surface area (Å²) in [6, 6.07) is 0.0894. The summed E-state index contributed by atoms with van der Waals surface area (Å²) in [6.07, 6.45) is 2.87. The third-order valence-electron chi connectivity index (χ3n) is 3.77. The average Bonchev–Trinajstić information content (AvgIpc) is 2.38. The number of amides is 2. The van der Waals surface area contributed by atoms with Gasteiger partial charge in [0.05, 0.1) is 0 Å². The van der Waals surface area contributed by atoms with Crippen LogP contribution in [-0.4, -0.2) is 41.6 Å². The highest BCUT2D eigenvalue weighted by Crippen LogP contribution is 2.23. The van der Waals surface area contributed by atoms with E-state index in [2.05, 4.69) is 17.5 Å². The van der Waals surface area contributed by atoms with Gasteiger partial charge in [-0.05, 0) is 18.8 Å². The van der Waals surface area contributed by atoms with Crippen molar-refractivity contribution in [1.82, 2.24) is 10.3 Å². The van der Waals surface area contributed by atoms with Crippen LogP contribution in [0.2, 0.25) is 0 Å². The van der Waals surface area contributed by atoms with Gasteiger partial charge in [0.15, 0.2) is 0 Å². The molecule has 0 spiro atoms. The van der Waals surface area contributed by atoms with Crippen molar-refractivity contribution in [3.63, 3.8) is 0 Å². The summed E-state index contributed by atoms with van der Waals surface area (Å²) in [6.45, 7) is 3.34. The molecule has 2 amide bonds. The summed E-state index contributed by atoms with van der Waals surface area (Å²) >= 11 is 0. The van der Waals surface area contributed by atoms with Crippen molar-refractivity contribution in [3.8, 4) is 0 Å². The maximum Gasteiger partial charge on any atom is 0.270 e. The lowest BCUT2D eigenvalue weighted by Crippen LogP contribution is -2.54. The predicted molar refractivity (Wildman–Crippen MR) is 67.8 cm³/mol. The highest BCUT2D eigenvalue weighted by atomic mass is 16.2. The first kappa shape index (κ1) is 13.0. The second kappa shape index (κ2) is 5.48. The Bertz CT molecular complexity index is 380. The van der Waals surface area contributed by atoms with Gasteiger partial charge in [-0.3, -0.25) is 9.59 Å². The number of likely N-dealkylation sites (tertiary alicyclic amines) is 1. The van der Waals surface area contributed by atoms with Gasteiger partial charge in [-0.15, -0.1) is 0 Å². The van der Waals surface area contributed by atoms with E-state index in [9.17, 15) is 9.59 Å². The maximum atomic E-state index is 12.4. The van der Waals surface area contributed by atoms with E-state index in [1.807, 2.05) is 4.90 Å². The van der Waals surface area contributed by atoms with E-state index in [1.165, 1.54) is 0 Å². The minimum Gasteiger partial charge on any atom is -0.333 e. The van der Waals surface area contributed by atoms with Crippen LogP contribution in [0.5, 0.6) is 0 Å². The summed E-state index contributed by atoms with van der Waals surface area (Å²) in [5.74, 6) is 0.220. The smallest absolute Gasteiger partial charge is 0.270 e. The zero-order valence-corrected chi connectivity index (χ0v) is 10.7. The number of piperidine rings is 1. The Kier molecular flexibility index (Phi) is 3.96. The zero-order valence-electron chi connectivity index (χ0n) is 10.7. The van der Waals surface area contributed by atoms with Crippen LogP contribution in [0.25, 0.3) is 0 Å². The number of nitrogens with two attached hydrogens (primary N) is 1. The first-order valence-corrected chi connectivity index (χ1v) is 6.50. The molecule has 2 unspecified atom stereocenters. The first-order valence-electron chi connectivity index (χ1n) is 6.50. The SMILES string of the molecule is CC1CCCN(C(=O)C2=NNC(=O)CC2)C1CN. The number of hydrogen-bond acceptors (Lipinski definition) is 4. The van der Waals surface area contributed by atoms with Crippen molar-refractivity contribution >= 4 is 17.5 Å². The molecule has 0 radical (unpaired) electrons. The minimum absolute atomic E-state index is 0.0722. The van der Waals surface area contributed by atoms with E-state index in [0.29, 0.717) is 31.0 Å². The van der Waals surface area contributed by atoms with Crippen LogP contribution in [0, 0.1) is 5.92 Å². The largest absolute Gasteiger partial charge is 0.333 e. The molecule has 18 heavy (non-hydrogen) atoms. The second-order valence-corrected chi connectivity index (χ2v) is 5.01. The minimum atomic E-state index is -0.131. The van der Waals surface area contributed by atoms with Gasteiger partial charge < -0.3 is 10.6 Å². The Balaban J connectivity index is 2.09. The fraction of sp³-hybridized carbons (Fsp3) is 0.750. The molecule has 2 heterocycles. The quantitative estimate of drug-likeness (QED) is 0.715. The molecule has 0 bridgehead atoms. The van der Waals surface area contributed by atoms with Gasteiger partial charge in [0.25, 0.3) is 5.91 Å². The Labute approximate surface area is 107 Å². The van der Waals surface area contributed by atoms with E-state index in [-0.39, 0.29) is 17.9 Å². The molecule has 2 atom stereocenters. The normalized spacial score (nSPS) is 28.7. The molecule has 1 saturated heterocycles. The van der Waals surface area contributed by atoms with E-state index < -0.39 is 0 Å². The summed E-state index contributed by atoms with van der Waals surface area (Å²) in [5.41, 5.74) is 8.58. The molecule has 6 heteroatoms. The van der Waals surface area contributed by atoms with Crippen LogP contribution in [0.1, 0.15) is 32.6 Å². The van der Waals surface area contributed by atoms with Gasteiger partial charge in [0, 0.05) is 32.0 Å². The summed E-state index contributed by atoms with van der Waals surface area (Å²) < 4.78 is 0. The van der Waals surface area contributed by atoms with Crippen LogP contribution in [0.3, 0.4) is 0 Å². The van der Waals surface area contributed by atoms with Gasteiger partial charge in [0.2, 0.25) is 5.91 Å². The lowest BCUT2D eigenvalue weighted by Gasteiger charge is -2.39. The molecular weight excluding hydrogens is 232 g/mol. The third kappa shape index (κ3) is 2.53. The van der Waals surface area contributed by atoms with Crippen LogP contribution in [0.4, 0.5) is 0 Å². The Morgan fingerprint density at radius 2 is 2.33 bits per heavy atom. The second-order valence-electron chi connectivity index (χ2n) is 5.01. The Hall–Kier alpha value is -1.43. The summed E-state index contributed by atoms with van der Waals surface area (Å²) in [5, 5.41) is 3.86. The first-order chi connectivity index (χ1) is 8.63. The fourth-order valence-corrected chi connectivity index (χ4v) is 2.65. The van der Waals surface area contributed by atoms with E-state index >= 15 is 0 Å². The zero-order chi connectivity index (χ0) is 13.1. The van der Waals surface area contributed by atoms with Crippen molar-refractivity contribution in [2.24, 2.45) is 16.8 Å². The van der Waals surface area contributed by atoms with Gasteiger partial charge in [0.1, 0.15) is 5.71 Å². The van der Waals surface area contributed by atoms with Crippen molar-refractivity contribution in [2.75, 3.05) is 13.1 Å². The number of nitrogens with one attached hydrogen (secondary N) is 1. The molecular formula is C12H20N4O2. The number of hydrazone groups is 1. The molecule has 100 valence electrons. The van der Waals surface area contributed by atoms with Gasteiger partial charge in [-0.25, -0.2) is 5.43 Å². The highest BCUT2D eigenvalue weighted by molar-refractivity contribution is 6.39. The van der Waals surface area contributed by atoms with Crippen molar-refractivity contribution in [3.05, 3.63) is 0 Å². The maximum absolute atomic E-state index is 12.4. The lowest BCUT2D eigenvalue weighted by molar-refractivity contribution is -0.129. The molecule has 0 aromatic carbocycles. The van der Waals surface area contributed by atoms with Crippen molar-refractivity contribution in [1.29, 1.82) is 0 Å². The van der Waals surface area contributed by atoms with Gasteiger partial charge in [-0.2, -0.15) is 5.10 Å². The molecule has 0 aromatic rings.